The highest BCUT2D eigenvalue weighted by molar-refractivity contribution is 5.86. The molecule has 2 amide bonds. The van der Waals surface area contributed by atoms with E-state index in [0.29, 0.717) is 6.54 Å². The van der Waals surface area contributed by atoms with E-state index in [1.165, 1.54) is 4.90 Å². The average Bonchev–Trinajstić information content (AvgIpc) is 3.12. The minimum atomic E-state index is -1.07. The molecule has 0 radical (unpaired) electrons. The van der Waals surface area contributed by atoms with Crippen LogP contribution in [0.3, 0.4) is 0 Å². The molecule has 0 heterocycles. The van der Waals surface area contributed by atoms with Crippen LogP contribution in [0.2, 0.25) is 0 Å². The number of fused-ring (bicyclic) bond motifs is 3. The molecule has 0 aromatic heterocycles. The summed E-state index contributed by atoms with van der Waals surface area (Å²) in [7, 11) is 0. The maximum atomic E-state index is 13.2. The fraction of sp³-hybridized carbons (Fsp3) is 0.444. The molecule has 0 saturated carbocycles. The smallest absolute Gasteiger partial charge is 0.407 e. The molecule has 1 aliphatic rings. The first-order valence-electron chi connectivity index (χ1n) is 11.8. The largest absolute Gasteiger partial charge is 0.481 e. The van der Waals surface area contributed by atoms with Gasteiger partial charge < -0.3 is 25.2 Å². The molecule has 35 heavy (non-hydrogen) atoms. The lowest BCUT2D eigenvalue weighted by atomic mass is 9.95. The Hall–Kier alpha value is -3.39. The highest BCUT2D eigenvalue weighted by atomic mass is 16.5. The molecule has 0 aliphatic heterocycles. The van der Waals surface area contributed by atoms with Crippen LogP contribution < -0.4 is 5.32 Å². The summed E-state index contributed by atoms with van der Waals surface area (Å²) in [6.45, 7) is 6.15. The number of ether oxygens (including phenoxy) is 1. The zero-order chi connectivity index (χ0) is 25.6. The number of benzene rings is 2. The number of nitrogens with zero attached hydrogens (tertiary/aromatic N) is 1. The van der Waals surface area contributed by atoms with Gasteiger partial charge in [0.05, 0.1) is 6.61 Å². The van der Waals surface area contributed by atoms with Crippen LogP contribution in [-0.4, -0.2) is 65.4 Å². The van der Waals surface area contributed by atoms with E-state index in [1.54, 1.807) is 0 Å². The van der Waals surface area contributed by atoms with Gasteiger partial charge in [0.15, 0.2) is 0 Å². The van der Waals surface area contributed by atoms with Gasteiger partial charge in [-0.05, 0) is 34.1 Å². The number of hydrogen-bond acceptors (Lipinski definition) is 5. The SMILES string of the molecule is CC(C)(C)CN(CCO)C(=O)C(CCC(=O)O)NC(=O)OCC1c2ccccc2-c2ccccc21. The van der Waals surface area contributed by atoms with Crippen LogP contribution in [0.4, 0.5) is 4.79 Å². The van der Waals surface area contributed by atoms with Crippen LogP contribution in [0.15, 0.2) is 48.5 Å². The summed E-state index contributed by atoms with van der Waals surface area (Å²) in [6, 6.07) is 14.9. The van der Waals surface area contributed by atoms with Crippen LogP contribution in [0.1, 0.15) is 50.7 Å². The third-order valence-electron chi connectivity index (χ3n) is 5.93. The normalized spacial score (nSPS) is 13.5. The molecule has 0 spiro atoms. The molecule has 2 aromatic carbocycles. The van der Waals surface area contributed by atoms with Crippen molar-refractivity contribution in [3.63, 3.8) is 0 Å². The number of carboxylic acid groups (broad SMARTS) is 1. The Morgan fingerprint density at radius 3 is 2.11 bits per heavy atom. The molecule has 3 rings (SSSR count). The second kappa shape index (κ2) is 11.4. The number of alkyl carbamates (subject to hydrolysis) is 1. The molecule has 3 N–H and O–H groups in total. The third kappa shape index (κ3) is 6.82. The van der Waals surface area contributed by atoms with Gasteiger partial charge in [-0.25, -0.2) is 4.79 Å². The Kier molecular flexibility index (Phi) is 8.51. The van der Waals surface area contributed by atoms with E-state index in [0.717, 1.165) is 22.3 Å². The van der Waals surface area contributed by atoms with E-state index in [4.69, 9.17) is 9.84 Å². The van der Waals surface area contributed by atoms with E-state index in [9.17, 15) is 19.5 Å². The second-order valence-electron chi connectivity index (χ2n) is 10.00. The van der Waals surface area contributed by atoms with E-state index in [2.05, 4.69) is 5.32 Å². The van der Waals surface area contributed by atoms with E-state index in [-0.39, 0.29) is 43.9 Å². The Bertz CT molecular complexity index is 1020. The summed E-state index contributed by atoms with van der Waals surface area (Å²) in [6.07, 6.45) is -1.15. The standard InChI is InChI=1S/C27H34N2O6/c1-27(2,3)17-29(14-15-30)25(33)23(12-13-24(31)32)28-26(34)35-16-22-20-10-6-4-8-18(20)19-9-5-7-11-21(19)22/h4-11,22-23,30H,12-17H2,1-3H3,(H,28,34)(H,31,32). The number of carbonyl (C=O) groups is 3. The van der Waals surface area contributed by atoms with Gasteiger partial charge in [0.2, 0.25) is 5.91 Å². The minimum Gasteiger partial charge on any atom is -0.481 e. The summed E-state index contributed by atoms with van der Waals surface area (Å²) in [5.41, 5.74) is 4.10. The van der Waals surface area contributed by atoms with Gasteiger partial charge in [-0.2, -0.15) is 0 Å². The number of hydrogen-bond donors (Lipinski definition) is 3. The highest BCUT2D eigenvalue weighted by Gasteiger charge is 2.31. The van der Waals surface area contributed by atoms with Crippen molar-refractivity contribution in [3.05, 3.63) is 59.7 Å². The first-order chi connectivity index (χ1) is 16.6. The zero-order valence-electron chi connectivity index (χ0n) is 20.5. The Morgan fingerprint density at radius 2 is 1.60 bits per heavy atom. The topological polar surface area (TPSA) is 116 Å². The average molecular weight is 483 g/mol. The molecule has 0 saturated heterocycles. The van der Waals surface area contributed by atoms with Gasteiger partial charge in [0.25, 0.3) is 0 Å². The van der Waals surface area contributed by atoms with Crippen molar-refractivity contribution in [2.75, 3.05) is 26.3 Å². The molecule has 0 bridgehead atoms. The van der Waals surface area contributed by atoms with Crippen molar-refractivity contribution in [1.29, 1.82) is 0 Å². The maximum absolute atomic E-state index is 13.2. The summed E-state index contributed by atoms with van der Waals surface area (Å²) < 4.78 is 5.55. The van der Waals surface area contributed by atoms with Gasteiger partial charge in [0.1, 0.15) is 12.6 Å². The second-order valence-corrected chi connectivity index (χ2v) is 10.00. The van der Waals surface area contributed by atoms with Gasteiger partial charge in [-0.1, -0.05) is 69.3 Å². The molecule has 1 aliphatic carbocycles. The number of nitrogens with one attached hydrogen (secondary N) is 1. The first-order valence-corrected chi connectivity index (χ1v) is 11.8. The van der Waals surface area contributed by atoms with Gasteiger partial charge >= 0.3 is 12.1 Å². The predicted molar refractivity (Wildman–Crippen MR) is 132 cm³/mol. The summed E-state index contributed by atoms with van der Waals surface area (Å²) in [5.74, 6) is -1.64. The molecule has 188 valence electrons. The van der Waals surface area contributed by atoms with Crippen molar-refractivity contribution in [2.24, 2.45) is 5.41 Å². The Morgan fingerprint density at radius 1 is 1.03 bits per heavy atom. The lowest BCUT2D eigenvalue weighted by Crippen LogP contribution is -2.51. The number of rotatable bonds is 10. The molecule has 8 nitrogen and oxygen atoms in total. The quantitative estimate of drug-likeness (QED) is 0.476. The third-order valence-corrected chi connectivity index (χ3v) is 5.93. The molecule has 0 fully saturated rings. The molecule has 1 atom stereocenters. The van der Waals surface area contributed by atoms with Crippen LogP contribution in [0.25, 0.3) is 11.1 Å². The number of amides is 2. The fourth-order valence-electron chi connectivity index (χ4n) is 4.49. The summed E-state index contributed by atoms with van der Waals surface area (Å²) in [5, 5.41) is 21.1. The maximum Gasteiger partial charge on any atom is 0.407 e. The van der Waals surface area contributed by atoms with Crippen molar-refractivity contribution in [1.82, 2.24) is 10.2 Å². The summed E-state index contributed by atoms with van der Waals surface area (Å²) in [4.78, 5) is 38.6. The van der Waals surface area contributed by atoms with Crippen molar-refractivity contribution in [2.45, 2.75) is 45.6 Å². The van der Waals surface area contributed by atoms with Crippen LogP contribution >= 0.6 is 0 Å². The minimum absolute atomic E-state index is 0.0789. The molecule has 1 unspecified atom stereocenters. The van der Waals surface area contributed by atoms with E-state index >= 15 is 0 Å². The first kappa shape index (κ1) is 26.2. The number of aliphatic hydroxyl groups is 1. The Labute approximate surface area is 205 Å². The molecular weight excluding hydrogens is 448 g/mol. The number of carbonyl (C=O) groups excluding carboxylic acids is 2. The number of carboxylic acids is 1. The molecular formula is C27H34N2O6. The monoisotopic (exact) mass is 482 g/mol. The van der Waals surface area contributed by atoms with Gasteiger partial charge in [0, 0.05) is 25.4 Å². The van der Waals surface area contributed by atoms with Gasteiger partial charge in [-0.15, -0.1) is 0 Å². The van der Waals surface area contributed by atoms with E-state index in [1.807, 2.05) is 69.3 Å². The zero-order valence-corrected chi connectivity index (χ0v) is 20.5. The highest BCUT2D eigenvalue weighted by Crippen LogP contribution is 2.44. The van der Waals surface area contributed by atoms with Crippen molar-refractivity contribution >= 4 is 18.0 Å². The Balaban J connectivity index is 1.71. The van der Waals surface area contributed by atoms with Gasteiger partial charge in [-0.3, -0.25) is 9.59 Å². The molecule has 8 heteroatoms. The van der Waals surface area contributed by atoms with Crippen LogP contribution in [-0.2, 0) is 14.3 Å². The number of aliphatic hydroxyl groups excluding tert-OH is 1. The van der Waals surface area contributed by atoms with Crippen LogP contribution in [0.5, 0.6) is 0 Å². The lowest BCUT2D eigenvalue weighted by molar-refractivity contribution is -0.138. The van der Waals surface area contributed by atoms with Crippen molar-refractivity contribution in [3.8, 4) is 11.1 Å². The predicted octanol–water partition coefficient (Wildman–Crippen LogP) is 3.63. The lowest BCUT2D eigenvalue weighted by Gasteiger charge is -2.32. The molecule has 2 aromatic rings. The van der Waals surface area contributed by atoms with Crippen molar-refractivity contribution < 1.29 is 29.3 Å². The van der Waals surface area contributed by atoms with Crippen LogP contribution in [0, 0.1) is 5.41 Å². The van der Waals surface area contributed by atoms with E-state index < -0.39 is 24.0 Å². The summed E-state index contributed by atoms with van der Waals surface area (Å²) >= 11 is 0. The number of aliphatic carboxylic acids is 1. The fourth-order valence-corrected chi connectivity index (χ4v) is 4.49.